The van der Waals surface area contributed by atoms with Crippen LogP contribution in [0.4, 0.5) is 4.79 Å². The van der Waals surface area contributed by atoms with Gasteiger partial charge in [0.05, 0.1) is 12.0 Å². The molecule has 1 saturated heterocycles. The Morgan fingerprint density at radius 2 is 1.65 bits per heavy atom. The monoisotopic (exact) mass is 460 g/mol. The molecule has 3 aliphatic rings. The van der Waals surface area contributed by atoms with E-state index in [-0.39, 0.29) is 37.9 Å². The smallest absolute Gasteiger partial charge is 0.407 e. The molecule has 0 unspecified atom stereocenters. The number of fused-ring (bicyclic) bond motifs is 3. The van der Waals surface area contributed by atoms with Crippen LogP contribution in [0, 0.1) is 5.41 Å². The standard InChI is InChI=1S/C27H28N2O5/c1-2-11-26(24(31)32)16-29(17-26)23(30)14-27(12-13-27)28-25(33)34-15-22-20-9-5-3-7-18(20)19-8-4-6-10-21(19)22/h2-10,22H,1,11-17H2,(H,28,33)(H,31,32). The number of aliphatic carboxylic acids is 1. The molecule has 7 nitrogen and oxygen atoms in total. The van der Waals surface area contributed by atoms with Crippen LogP contribution in [0.3, 0.4) is 0 Å². The number of benzene rings is 2. The summed E-state index contributed by atoms with van der Waals surface area (Å²) >= 11 is 0. The molecule has 176 valence electrons. The second-order valence-electron chi connectivity index (χ2n) is 9.74. The summed E-state index contributed by atoms with van der Waals surface area (Å²) in [6.45, 7) is 4.20. The van der Waals surface area contributed by atoms with Crippen LogP contribution in [0.1, 0.15) is 42.7 Å². The molecule has 5 rings (SSSR count). The molecule has 2 fully saturated rings. The summed E-state index contributed by atoms with van der Waals surface area (Å²) in [5.74, 6) is -1.07. The average Bonchev–Trinajstić information content (AvgIpc) is 3.46. The van der Waals surface area contributed by atoms with E-state index in [1.807, 2.05) is 24.3 Å². The van der Waals surface area contributed by atoms with Gasteiger partial charge in [-0.1, -0.05) is 54.6 Å². The molecule has 1 aliphatic heterocycles. The molecule has 7 heteroatoms. The molecule has 1 heterocycles. The third kappa shape index (κ3) is 3.85. The highest BCUT2D eigenvalue weighted by molar-refractivity contribution is 5.85. The van der Waals surface area contributed by atoms with Crippen LogP contribution in [0.25, 0.3) is 11.1 Å². The molecule has 0 aromatic heterocycles. The van der Waals surface area contributed by atoms with Crippen LogP contribution in [-0.4, -0.2) is 53.2 Å². The Morgan fingerprint density at radius 1 is 1.06 bits per heavy atom. The third-order valence-corrected chi connectivity index (χ3v) is 7.38. The van der Waals surface area contributed by atoms with Crippen molar-refractivity contribution in [3.05, 3.63) is 72.3 Å². The lowest BCUT2D eigenvalue weighted by molar-refractivity contribution is -0.165. The Bertz CT molecular complexity index is 1120. The zero-order valence-corrected chi connectivity index (χ0v) is 19.0. The van der Waals surface area contributed by atoms with Gasteiger partial charge in [0.25, 0.3) is 0 Å². The summed E-state index contributed by atoms with van der Waals surface area (Å²) in [4.78, 5) is 38.5. The molecule has 2 aromatic carbocycles. The molecule has 2 amide bonds. The van der Waals surface area contributed by atoms with Crippen LogP contribution >= 0.6 is 0 Å². The van der Waals surface area contributed by atoms with Crippen LogP contribution < -0.4 is 5.32 Å². The lowest BCUT2D eigenvalue weighted by atomic mass is 9.76. The van der Waals surface area contributed by atoms with Gasteiger partial charge in [-0.25, -0.2) is 4.79 Å². The minimum Gasteiger partial charge on any atom is -0.481 e. The van der Waals surface area contributed by atoms with Gasteiger partial charge in [0.2, 0.25) is 5.91 Å². The number of nitrogens with zero attached hydrogens (tertiary/aromatic N) is 1. The maximum absolute atomic E-state index is 12.7. The van der Waals surface area contributed by atoms with Gasteiger partial charge in [-0.15, -0.1) is 6.58 Å². The van der Waals surface area contributed by atoms with Crippen molar-refractivity contribution in [2.24, 2.45) is 5.41 Å². The topological polar surface area (TPSA) is 95.9 Å². The number of rotatable bonds is 8. The Labute approximate surface area is 198 Å². The van der Waals surface area contributed by atoms with Crippen LogP contribution in [0.15, 0.2) is 61.2 Å². The van der Waals surface area contributed by atoms with Crippen molar-refractivity contribution in [3.63, 3.8) is 0 Å². The van der Waals surface area contributed by atoms with E-state index >= 15 is 0 Å². The molecule has 0 radical (unpaired) electrons. The molecule has 0 bridgehead atoms. The predicted octanol–water partition coefficient (Wildman–Crippen LogP) is 3.94. The first-order valence-electron chi connectivity index (χ1n) is 11.6. The number of ether oxygens (including phenoxy) is 1. The SMILES string of the molecule is C=CCC1(C(=O)O)CN(C(=O)CC2(NC(=O)OCC3c4ccccc4-c4ccccc43)CC2)C1. The number of carbonyl (C=O) groups excluding carboxylic acids is 2. The largest absolute Gasteiger partial charge is 0.481 e. The van der Waals surface area contributed by atoms with Gasteiger partial charge < -0.3 is 20.1 Å². The molecule has 2 N–H and O–H groups in total. The molecule has 34 heavy (non-hydrogen) atoms. The zero-order chi connectivity index (χ0) is 23.9. The number of carboxylic acids is 1. The summed E-state index contributed by atoms with van der Waals surface area (Å²) in [5, 5.41) is 12.4. The fraction of sp³-hybridized carbons (Fsp3) is 0.370. The van der Waals surface area contributed by atoms with Crippen LogP contribution in [-0.2, 0) is 14.3 Å². The van der Waals surface area contributed by atoms with E-state index in [2.05, 4.69) is 36.2 Å². The molecule has 0 atom stereocenters. The lowest BCUT2D eigenvalue weighted by Crippen LogP contribution is -2.62. The number of carboxylic acid groups (broad SMARTS) is 1. The number of hydrogen-bond acceptors (Lipinski definition) is 4. The van der Waals surface area contributed by atoms with E-state index in [1.54, 1.807) is 11.0 Å². The fourth-order valence-electron chi connectivity index (χ4n) is 5.24. The number of alkyl carbamates (subject to hydrolysis) is 1. The number of hydrogen-bond donors (Lipinski definition) is 2. The van der Waals surface area contributed by atoms with Gasteiger partial charge >= 0.3 is 12.1 Å². The van der Waals surface area contributed by atoms with Crippen LogP contribution in [0.2, 0.25) is 0 Å². The highest BCUT2D eigenvalue weighted by Gasteiger charge is 2.53. The van der Waals surface area contributed by atoms with Crippen molar-refractivity contribution in [2.75, 3.05) is 19.7 Å². The summed E-state index contributed by atoms with van der Waals surface area (Å²) < 4.78 is 5.63. The minimum absolute atomic E-state index is 0.0231. The van der Waals surface area contributed by atoms with Gasteiger partial charge in [-0.2, -0.15) is 0 Å². The third-order valence-electron chi connectivity index (χ3n) is 7.38. The summed E-state index contributed by atoms with van der Waals surface area (Å²) in [5.41, 5.74) is 3.09. The van der Waals surface area contributed by atoms with Gasteiger partial charge in [-0.05, 0) is 41.5 Å². The van der Waals surface area contributed by atoms with Gasteiger partial charge in [0.1, 0.15) is 12.0 Å². The quantitative estimate of drug-likeness (QED) is 0.582. The highest BCUT2D eigenvalue weighted by atomic mass is 16.5. The zero-order valence-electron chi connectivity index (χ0n) is 19.0. The van der Waals surface area contributed by atoms with Crippen molar-refractivity contribution in [2.45, 2.75) is 37.1 Å². The molecular weight excluding hydrogens is 432 g/mol. The first-order chi connectivity index (χ1) is 16.4. The van der Waals surface area contributed by atoms with Gasteiger partial charge in [0.15, 0.2) is 0 Å². The van der Waals surface area contributed by atoms with E-state index < -0.39 is 23.0 Å². The second kappa shape index (κ2) is 8.31. The van der Waals surface area contributed by atoms with Crippen molar-refractivity contribution in [1.29, 1.82) is 0 Å². The second-order valence-corrected chi connectivity index (χ2v) is 9.74. The molecule has 2 aliphatic carbocycles. The fourth-order valence-corrected chi connectivity index (χ4v) is 5.24. The first-order valence-corrected chi connectivity index (χ1v) is 11.6. The number of carbonyl (C=O) groups is 3. The maximum atomic E-state index is 12.7. The van der Waals surface area contributed by atoms with E-state index in [0.717, 1.165) is 11.1 Å². The molecule has 1 saturated carbocycles. The number of nitrogens with one attached hydrogen (secondary N) is 1. The molecular formula is C27H28N2O5. The first kappa shape index (κ1) is 22.2. The summed E-state index contributed by atoms with van der Waals surface area (Å²) in [6.07, 6.45) is 2.94. The number of allylic oxidation sites excluding steroid dienone is 1. The predicted molar refractivity (Wildman–Crippen MR) is 126 cm³/mol. The summed E-state index contributed by atoms with van der Waals surface area (Å²) in [7, 11) is 0. The minimum atomic E-state index is -0.936. The highest BCUT2D eigenvalue weighted by Crippen LogP contribution is 2.45. The van der Waals surface area contributed by atoms with E-state index in [4.69, 9.17) is 4.74 Å². The Kier molecular flexibility index (Phi) is 5.42. The Balaban J connectivity index is 1.17. The van der Waals surface area contributed by atoms with Crippen molar-refractivity contribution >= 4 is 18.0 Å². The Hall–Kier alpha value is -3.61. The van der Waals surface area contributed by atoms with E-state index in [1.165, 1.54) is 11.1 Å². The van der Waals surface area contributed by atoms with Crippen molar-refractivity contribution < 1.29 is 24.2 Å². The molecule has 0 spiro atoms. The molecule has 2 aromatic rings. The van der Waals surface area contributed by atoms with E-state index in [9.17, 15) is 19.5 Å². The van der Waals surface area contributed by atoms with E-state index in [0.29, 0.717) is 19.3 Å². The van der Waals surface area contributed by atoms with Crippen molar-refractivity contribution in [3.8, 4) is 11.1 Å². The van der Waals surface area contributed by atoms with Crippen LogP contribution in [0.5, 0.6) is 0 Å². The lowest BCUT2D eigenvalue weighted by Gasteiger charge is -2.47. The van der Waals surface area contributed by atoms with Gasteiger partial charge in [-0.3, -0.25) is 9.59 Å². The van der Waals surface area contributed by atoms with Gasteiger partial charge in [0, 0.05) is 19.0 Å². The Morgan fingerprint density at radius 3 is 2.18 bits per heavy atom. The maximum Gasteiger partial charge on any atom is 0.407 e. The number of likely N-dealkylation sites (tertiary alicyclic amines) is 1. The summed E-state index contributed by atoms with van der Waals surface area (Å²) in [6, 6.07) is 16.3. The normalized spacial score (nSPS) is 18.8. The van der Waals surface area contributed by atoms with Crippen molar-refractivity contribution in [1.82, 2.24) is 10.2 Å². The number of amides is 2. The average molecular weight is 461 g/mol.